The van der Waals surface area contributed by atoms with Crippen LogP contribution in [0, 0.1) is 22.7 Å². The van der Waals surface area contributed by atoms with E-state index in [2.05, 4.69) is 6.07 Å². The van der Waals surface area contributed by atoms with Gasteiger partial charge in [0, 0.05) is 26.3 Å². The summed E-state index contributed by atoms with van der Waals surface area (Å²) in [6.45, 7) is 8.42. The monoisotopic (exact) mass is 294 g/mol. The molecule has 5 heteroatoms. The van der Waals surface area contributed by atoms with Crippen LogP contribution in [0.25, 0.3) is 0 Å². The molecule has 0 N–H and O–H groups in total. The molecule has 5 nitrogen and oxygen atoms in total. The van der Waals surface area contributed by atoms with Crippen molar-refractivity contribution in [2.24, 2.45) is 11.3 Å². The maximum atomic E-state index is 12.1. The predicted molar refractivity (Wildman–Crippen MR) is 78.6 cm³/mol. The van der Waals surface area contributed by atoms with Gasteiger partial charge in [0.2, 0.25) is 0 Å². The van der Waals surface area contributed by atoms with Gasteiger partial charge in [0.15, 0.2) is 0 Å². The molecule has 21 heavy (non-hydrogen) atoms. The maximum absolute atomic E-state index is 12.1. The highest BCUT2D eigenvalue weighted by molar-refractivity contribution is 5.68. The van der Waals surface area contributed by atoms with Gasteiger partial charge in [-0.25, -0.2) is 4.79 Å². The SMILES string of the molecule is CC(C)(C)OC(=O)N1CCC(C#N)(CC2CCOC2)CC1. The molecular formula is C16H26N2O3. The summed E-state index contributed by atoms with van der Waals surface area (Å²) in [5.74, 6) is 0.498. The molecule has 2 rings (SSSR count). The van der Waals surface area contributed by atoms with Crippen molar-refractivity contribution in [3.63, 3.8) is 0 Å². The van der Waals surface area contributed by atoms with Crippen LogP contribution in [0.5, 0.6) is 0 Å². The van der Waals surface area contributed by atoms with E-state index in [1.54, 1.807) is 4.90 Å². The smallest absolute Gasteiger partial charge is 0.410 e. The normalized spacial score (nSPS) is 25.4. The second kappa shape index (κ2) is 6.23. The number of ether oxygens (including phenoxy) is 2. The van der Waals surface area contributed by atoms with Gasteiger partial charge < -0.3 is 14.4 Å². The maximum Gasteiger partial charge on any atom is 0.410 e. The van der Waals surface area contributed by atoms with E-state index in [1.165, 1.54) is 0 Å². The van der Waals surface area contributed by atoms with Crippen LogP contribution >= 0.6 is 0 Å². The highest BCUT2D eigenvalue weighted by Gasteiger charge is 2.39. The molecule has 0 radical (unpaired) electrons. The van der Waals surface area contributed by atoms with E-state index in [0.29, 0.717) is 19.0 Å². The number of hydrogen-bond acceptors (Lipinski definition) is 4. The van der Waals surface area contributed by atoms with Crippen LogP contribution in [0.3, 0.4) is 0 Å². The molecule has 2 fully saturated rings. The Kier molecular flexibility index (Phi) is 4.77. The Balaban J connectivity index is 1.88. The first-order chi connectivity index (χ1) is 9.84. The fourth-order valence-corrected chi connectivity index (χ4v) is 3.10. The van der Waals surface area contributed by atoms with Crippen molar-refractivity contribution in [3.05, 3.63) is 0 Å². The molecular weight excluding hydrogens is 268 g/mol. The van der Waals surface area contributed by atoms with Crippen LogP contribution in [0.2, 0.25) is 0 Å². The third-order valence-electron chi connectivity index (χ3n) is 4.31. The van der Waals surface area contributed by atoms with E-state index in [1.807, 2.05) is 20.8 Å². The predicted octanol–water partition coefficient (Wildman–Crippen LogP) is 2.95. The first kappa shape index (κ1) is 16.1. The molecule has 0 aromatic rings. The number of nitrogens with zero attached hydrogens (tertiary/aromatic N) is 2. The van der Waals surface area contributed by atoms with Crippen molar-refractivity contribution in [1.82, 2.24) is 4.90 Å². The number of rotatable bonds is 2. The number of hydrogen-bond donors (Lipinski definition) is 0. The first-order valence-electron chi connectivity index (χ1n) is 7.80. The molecule has 2 saturated heterocycles. The lowest BCUT2D eigenvalue weighted by atomic mass is 9.73. The third kappa shape index (κ3) is 4.34. The van der Waals surface area contributed by atoms with Gasteiger partial charge in [-0.2, -0.15) is 5.26 Å². The average molecular weight is 294 g/mol. The summed E-state index contributed by atoms with van der Waals surface area (Å²) in [5.41, 5.74) is -0.765. The fourth-order valence-electron chi connectivity index (χ4n) is 3.10. The first-order valence-corrected chi connectivity index (χ1v) is 7.80. The van der Waals surface area contributed by atoms with E-state index in [4.69, 9.17) is 9.47 Å². The molecule has 2 aliphatic rings. The Morgan fingerprint density at radius 1 is 1.43 bits per heavy atom. The molecule has 0 aromatic carbocycles. The lowest BCUT2D eigenvalue weighted by Crippen LogP contribution is -2.45. The zero-order valence-corrected chi connectivity index (χ0v) is 13.4. The van der Waals surface area contributed by atoms with Gasteiger partial charge in [-0.15, -0.1) is 0 Å². The lowest BCUT2D eigenvalue weighted by Gasteiger charge is -2.38. The summed E-state index contributed by atoms with van der Waals surface area (Å²) in [6.07, 6.45) is 3.15. The van der Waals surface area contributed by atoms with Crippen molar-refractivity contribution in [2.75, 3.05) is 26.3 Å². The van der Waals surface area contributed by atoms with Gasteiger partial charge in [0.05, 0.1) is 11.5 Å². The number of carbonyl (C=O) groups excluding carboxylic acids is 1. The molecule has 0 aromatic heterocycles. The van der Waals surface area contributed by atoms with E-state index >= 15 is 0 Å². The van der Waals surface area contributed by atoms with Crippen molar-refractivity contribution in [2.45, 2.75) is 52.1 Å². The van der Waals surface area contributed by atoms with Gasteiger partial charge in [-0.3, -0.25) is 0 Å². The molecule has 0 bridgehead atoms. The Morgan fingerprint density at radius 2 is 2.10 bits per heavy atom. The largest absolute Gasteiger partial charge is 0.444 e. The second-order valence-corrected chi connectivity index (χ2v) is 7.29. The summed E-state index contributed by atoms with van der Waals surface area (Å²) in [6, 6.07) is 2.52. The number of piperidine rings is 1. The van der Waals surface area contributed by atoms with Crippen molar-refractivity contribution in [3.8, 4) is 6.07 Å². The molecule has 118 valence electrons. The summed E-state index contributed by atoms with van der Waals surface area (Å²) < 4.78 is 10.8. The molecule has 0 spiro atoms. The standard InChI is InChI=1S/C16H26N2O3/c1-15(2,3)21-14(19)18-7-5-16(12-17,6-8-18)10-13-4-9-20-11-13/h13H,4-11H2,1-3H3. The molecule has 2 aliphatic heterocycles. The molecule has 0 aliphatic carbocycles. The Hall–Kier alpha value is -1.28. The number of amides is 1. The minimum atomic E-state index is -0.470. The molecule has 1 unspecified atom stereocenters. The summed E-state index contributed by atoms with van der Waals surface area (Å²) in [7, 11) is 0. The number of carbonyl (C=O) groups is 1. The van der Waals surface area contributed by atoms with Crippen LogP contribution in [0.1, 0.15) is 46.5 Å². The molecule has 2 heterocycles. The fraction of sp³-hybridized carbons (Fsp3) is 0.875. The van der Waals surface area contributed by atoms with E-state index in [-0.39, 0.29) is 11.5 Å². The quantitative estimate of drug-likeness (QED) is 0.785. The summed E-state index contributed by atoms with van der Waals surface area (Å²) in [4.78, 5) is 13.8. The van der Waals surface area contributed by atoms with Crippen LogP contribution < -0.4 is 0 Å². The van der Waals surface area contributed by atoms with Crippen LogP contribution in [0.4, 0.5) is 4.79 Å². The molecule has 0 saturated carbocycles. The highest BCUT2D eigenvalue weighted by atomic mass is 16.6. The Bertz CT molecular complexity index is 408. The minimum absolute atomic E-state index is 0.266. The van der Waals surface area contributed by atoms with Crippen molar-refractivity contribution >= 4 is 6.09 Å². The van der Waals surface area contributed by atoms with Gasteiger partial charge in [-0.05, 0) is 52.4 Å². The second-order valence-electron chi connectivity index (χ2n) is 7.29. The van der Waals surface area contributed by atoms with Crippen molar-refractivity contribution in [1.29, 1.82) is 5.26 Å². The van der Waals surface area contributed by atoms with Gasteiger partial charge in [-0.1, -0.05) is 0 Å². The van der Waals surface area contributed by atoms with Crippen LogP contribution in [0.15, 0.2) is 0 Å². The van der Waals surface area contributed by atoms with Gasteiger partial charge in [0.1, 0.15) is 5.60 Å². The van der Waals surface area contributed by atoms with Crippen LogP contribution in [-0.4, -0.2) is 42.9 Å². The average Bonchev–Trinajstić information content (AvgIpc) is 2.90. The Labute approximate surface area is 127 Å². The zero-order chi connectivity index (χ0) is 15.5. The van der Waals surface area contributed by atoms with Crippen LogP contribution in [-0.2, 0) is 9.47 Å². The number of nitriles is 1. The number of likely N-dealkylation sites (tertiary alicyclic amines) is 1. The lowest BCUT2D eigenvalue weighted by molar-refractivity contribution is 0.0129. The van der Waals surface area contributed by atoms with Gasteiger partial charge in [0.25, 0.3) is 0 Å². The van der Waals surface area contributed by atoms with E-state index in [9.17, 15) is 10.1 Å². The van der Waals surface area contributed by atoms with Crippen molar-refractivity contribution < 1.29 is 14.3 Å². The van der Waals surface area contributed by atoms with E-state index in [0.717, 1.165) is 38.9 Å². The zero-order valence-electron chi connectivity index (χ0n) is 13.4. The minimum Gasteiger partial charge on any atom is -0.444 e. The Morgan fingerprint density at radius 3 is 2.57 bits per heavy atom. The van der Waals surface area contributed by atoms with Gasteiger partial charge >= 0.3 is 6.09 Å². The third-order valence-corrected chi connectivity index (χ3v) is 4.31. The van der Waals surface area contributed by atoms with E-state index < -0.39 is 5.60 Å². The summed E-state index contributed by atoms with van der Waals surface area (Å²) in [5, 5.41) is 9.59. The summed E-state index contributed by atoms with van der Waals surface area (Å²) >= 11 is 0. The molecule has 1 amide bonds. The highest BCUT2D eigenvalue weighted by Crippen LogP contribution is 2.39. The molecule has 1 atom stereocenters. The topological polar surface area (TPSA) is 62.6 Å².